The number of nitrogens with zero attached hydrogens (tertiary/aromatic N) is 1. The second-order valence-corrected chi connectivity index (χ2v) is 6.05. The molecule has 3 N–H and O–H groups in total. The summed E-state index contributed by atoms with van der Waals surface area (Å²) in [5, 5.41) is 0.0990. The predicted octanol–water partition coefficient (Wildman–Crippen LogP) is 2.77. The van der Waals surface area contributed by atoms with Crippen LogP contribution in [0.3, 0.4) is 0 Å². The van der Waals surface area contributed by atoms with Gasteiger partial charge in [-0.15, -0.1) is 0 Å². The zero-order valence-electron chi connectivity index (χ0n) is 9.47. The highest BCUT2D eigenvalue weighted by Crippen LogP contribution is 2.33. The number of sulfonamides is 1. The molecule has 0 spiro atoms. The van der Waals surface area contributed by atoms with Crippen molar-refractivity contribution in [2.45, 2.75) is 4.90 Å². The van der Waals surface area contributed by atoms with Crippen molar-refractivity contribution in [3.8, 4) is 0 Å². The first-order valence-electron chi connectivity index (χ1n) is 5.08. The summed E-state index contributed by atoms with van der Waals surface area (Å²) in [5.41, 5.74) is 6.01. The fourth-order valence-corrected chi connectivity index (χ4v) is 3.21. The lowest BCUT2D eigenvalue weighted by Gasteiger charge is -2.11. The largest absolute Gasteiger partial charge is 0.396 e. The number of benzene rings is 1. The molecule has 19 heavy (non-hydrogen) atoms. The van der Waals surface area contributed by atoms with E-state index in [0.717, 1.165) is 0 Å². The van der Waals surface area contributed by atoms with Gasteiger partial charge in [0.1, 0.15) is 4.90 Å². The fourth-order valence-electron chi connectivity index (χ4n) is 1.39. The van der Waals surface area contributed by atoms with Crippen molar-refractivity contribution in [3.05, 3.63) is 46.7 Å². The van der Waals surface area contributed by atoms with Crippen LogP contribution in [0.15, 0.2) is 41.6 Å². The Hall–Kier alpha value is -1.50. The van der Waals surface area contributed by atoms with Crippen LogP contribution in [-0.2, 0) is 10.0 Å². The fraction of sp³-hybridized carbons (Fsp3) is 0. The number of hydrogen-bond acceptors (Lipinski definition) is 4. The summed E-state index contributed by atoms with van der Waals surface area (Å²) >= 11 is 11.7. The van der Waals surface area contributed by atoms with Gasteiger partial charge in [0.2, 0.25) is 0 Å². The minimum atomic E-state index is -3.83. The molecule has 0 bridgehead atoms. The summed E-state index contributed by atoms with van der Waals surface area (Å²) in [6.45, 7) is 0. The second-order valence-electron chi connectivity index (χ2n) is 3.61. The standard InChI is InChI=1S/C11H9Cl2N3O2S/c12-8-1-2-9(10(13)11(8)14)19(17,18)16-7-3-5-15-6-4-7/h1-6H,14H2,(H,15,16). The van der Waals surface area contributed by atoms with E-state index in [4.69, 9.17) is 28.9 Å². The van der Waals surface area contributed by atoms with Gasteiger partial charge in [-0.25, -0.2) is 8.42 Å². The molecule has 1 aromatic carbocycles. The normalized spacial score (nSPS) is 11.3. The molecule has 0 aliphatic rings. The first-order chi connectivity index (χ1) is 8.92. The Morgan fingerprint density at radius 3 is 2.37 bits per heavy atom. The minimum absolute atomic E-state index is 0.0286. The molecular weight excluding hydrogens is 309 g/mol. The Morgan fingerprint density at radius 1 is 1.11 bits per heavy atom. The molecule has 0 amide bonds. The zero-order valence-corrected chi connectivity index (χ0v) is 11.8. The lowest BCUT2D eigenvalue weighted by molar-refractivity contribution is 0.601. The molecule has 0 saturated carbocycles. The third-order valence-corrected chi connectivity index (χ3v) is 4.59. The van der Waals surface area contributed by atoms with Gasteiger partial charge in [-0.1, -0.05) is 23.2 Å². The van der Waals surface area contributed by atoms with Crippen molar-refractivity contribution in [1.29, 1.82) is 0 Å². The van der Waals surface area contributed by atoms with Gasteiger partial charge < -0.3 is 5.73 Å². The minimum Gasteiger partial charge on any atom is -0.396 e. The molecule has 0 aliphatic carbocycles. The number of pyridine rings is 1. The second kappa shape index (κ2) is 5.24. The van der Waals surface area contributed by atoms with Crippen molar-refractivity contribution < 1.29 is 8.42 Å². The van der Waals surface area contributed by atoms with Crippen LogP contribution in [-0.4, -0.2) is 13.4 Å². The van der Waals surface area contributed by atoms with E-state index in [2.05, 4.69) is 9.71 Å². The molecule has 0 atom stereocenters. The number of aromatic nitrogens is 1. The van der Waals surface area contributed by atoms with Gasteiger partial charge in [0.25, 0.3) is 10.0 Å². The van der Waals surface area contributed by atoms with Gasteiger partial charge in [0, 0.05) is 12.4 Å². The number of hydrogen-bond donors (Lipinski definition) is 2. The number of rotatable bonds is 3. The SMILES string of the molecule is Nc1c(Cl)ccc(S(=O)(=O)Nc2ccncc2)c1Cl. The highest BCUT2D eigenvalue weighted by atomic mass is 35.5. The van der Waals surface area contributed by atoms with Crippen molar-refractivity contribution in [1.82, 2.24) is 4.98 Å². The first-order valence-corrected chi connectivity index (χ1v) is 7.32. The van der Waals surface area contributed by atoms with Crippen LogP contribution in [0.1, 0.15) is 0 Å². The zero-order chi connectivity index (χ0) is 14.0. The van der Waals surface area contributed by atoms with Gasteiger partial charge in [-0.3, -0.25) is 9.71 Å². The highest BCUT2D eigenvalue weighted by Gasteiger charge is 2.20. The van der Waals surface area contributed by atoms with Gasteiger partial charge in [0.05, 0.1) is 21.4 Å². The van der Waals surface area contributed by atoms with E-state index < -0.39 is 10.0 Å². The Labute approximate surface area is 120 Å². The Bertz CT molecular complexity index is 705. The maximum absolute atomic E-state index is 12.2. The highest BCUT2D eigenvalue weighted by molar-refractivity contribution is 7.92. The molecule has 5 nitrogen and oxygen atoms in total. The predicted molar refractivity (Wildman–Crippen MR) is 75.9 cm³/mol. The third kappa shape index (κ3) is 2.91. The molecule has 2 aromatic rings. The summed E-state index contributed by atoms with van der Waals surface area (Å²) in [7, 11) is -3.83. The molecule has 100 valence electrons. The molecule has 8 heteroatoms. The van der Waals surface area contributed by atoms with E-state index in [1.807, 2.05) is 0 Å². The van der Waals surface area contributed by atoms with E-state index in [0.29, 0.717) is 5.69 Å². The molecule has 0 saturated heterocycles. The van der Waals surface area contributed by atoms with E-state index >= 15 is 0 Å². The van der Waals surface area contributed by atoms with Crippen LogP contribution >= 0.6 is 23.2 Å². The van der Waals surface area contributed by atoms with Crippen molar-refractivity contribution in [3.63, 3.8) is 0 Å². The summed E-state index contributed by atoms with van der Waals surface area (Å²) in [5.74, 6) is 0. The van der Waals surface area contributed by atoms with E-state index in [9.17, 15) is 8.42 Å². The molecule has 0 aliphatic heterocycles. The lowest BCUT2D eigenvalue weighted by atomic mass is 10.3. The number of anilines is 2. The maximum atomic E-state index is 12.2. The Morgan fingerprint density at radius 2 is 1.74 bits per heavy atom. The topological polar surface area (TPSA) is 85.1 Å². The lowest BCUT2D eigenvalue weighted by Crippen LogP contribution is -2.14. The average Bonchev–Trinajstić information content (AvgIpc) is 2.36. The van der Waals surface area contributed by atoms with E-state index in [-0.39, 0.29) is 20.6 Å². The average molecular weight is 318 g/mol. The number of nitrogen functional groups attached to an aromatic ring is 1. The molecular formula is C11H9Cl2N3O2S. The van der Waals surface area contributed by atoms with Crippen LogP contribution < -0.4 is 10.5 Å². The van der Waals surface area contributed by atoms with Gasteiger partial charge >= 0.3 is 0 Å². The molecule has 0 fully saturated rings. The van der Waals surface area contributed by atoms with E-state index in [1.165, 1.54) is 36.7 Å². The third-order valence-electron chi connectivity index (χ3n) is 2.31. The maximum Gasteiger partial charge on any atom is 0.263 e. The quantitative estimate of drug-likeness (QED) is 0.852. The molecule has 0 unspecified atom stereocenters. The summed E-state index contributed by atoms with van der Waals surface area (Å²) < 4.78 is 26.7. The molecule has 1 heterocycles. The van der Waals surface area contributed by atoms with Crippen LogP contribution in [0.25, 0.3) is 0 Å². The summed E-state index contributed by atoms with van der Waals surface area (Å²) in [6, 6.07) is 5.71. The Kier molecular flexibility index (Phi) is 3.84. The number of nitrogens with one attached hydrogen (secondary N) is 1. The van der Waals surface area contributed by atoms with Crippen LogP contribution in [0, 0.1) is 0 Å². The number of halogens is 2. The van der Waals surface area contributed by atoms with Gasteiger partial charge in [-0.2, -0.15) is 0 Å². The van der Waals surface area contributed by atoms with Crippen molar-refractivity contribution in [2.24, 2.45) is 0 Å². The number of nitrogens with two attached hydrogens (primary N) is 1. The molecule has 2 rings (SSSR count). The van der Waals surface area contributed by atoms with Crippen LogP contribution in [0.5, 0.6) is 0 Å². The summed E-state index contributed by atoms with van der Waals surface area (Å²) in [4.78, 5) is 3.66. The van der Waals surface area contributed by atoms with Crippen molar-refractivity contribution in [2.75, 3.05) is 10.5 Å². The van der Waals surface area contributed by atoms with Crippen LogP contribution in [0.4, 0.5) is 11.4 Å². The Balaban J connectivity index is 2.44. The van der Waals surface area contributed by atoms with Crippen LogP contribution in [0.2, 0.25) is 10.0 Å². The molecule has 0 radical (unpaired) electrons. The summed E-state index contributed by atoms with van der Waals surface area (Å²) in [6.07, 6.45) is 2.94. The first kappa shape index (κ1) is 13.9. The smallest absolute Gasteiger partial charge is 0.263 e. The molecule has 1 aromatic heterocycles. The van der Waals surface area contributed by atoms with Gasteiger partial charge in [0.15, 0.2) is 0 Å². The van der Waals surface area contributed by atoms with Crippen molar-refractivity contribution >= 4 is 44.6 Å². The van der Waals surface area contributed by atoms with Gasteiger partial charge in [-0.05, 0) is 24.3 Å². The van der Waals surface area contributed by atoms with E-state index in [1.54, 1.807) is 0 Å². The monoisotopic (exact) mass is 317 g/mol.